The molecule has 2 aromatic heterocycles. The van der Waals surface area contributed by atoms with Crippen LogP contribution in [0.4, 0.5) is 9.52 Å². The number of nitrogens with zero attached hydrogens (tertiary/aromatic N) is 3. The average Bonchev–Trinajstić information content (AvgIpc) is 3.35. The minimum atomic E-state index is -0.249. The highest BCUT2D eigenvalue weighted by Crippen LogP contribution is 2.29. The summed E-state index contributed by atoms with van der Waals surface area (Å²) in [6.45, 7) is 1.39. The van der Waals surface area contributed by atoms with Gasteiger partial charge in [0.2, 0.25) is 5.91 Å². The van der Waals surface area contributed by atoms with Crippen LogP contribution in [0, 0.1) is 11.7 Å². The van der Waals surface area contributed by atoms with Gasteiger partial charge in [-0.2, -0.15) is 5.10 Å². The lowest BCUT2D eigenvalue weighted by atomic mass is 9.90. The van der Waals surface area contributed by atoms with Gasteiger partial charge in [-0.15, -0.1) is 23.7 Å². The summed E-state index contributed by atoms with van der Waals surface area (Å²) >= 11 is 1.42. The van der Waals surface area contributed by atoms with Crippen molar-refractivity contribution in [1.29, 1.82) is 0 Å². The van der Waals surface area contributed by atoms with E-state index in [4.69, 9.17) is 0 Å². The van der Waals surface area contributed by atoms with Gasteiger partial charge in [0, 0.05) is 49.7 Å². The van der Waals surface area contributed by atoms with Crippen molar-refractivity contribution in [2.45, 2.75) is 12.3 Å². The van der Waals surface area contributed by atoms with Crippen LogP contribution < -0.4 is 10.6 Å². The third-order valence-corrected chi connectivity index (χ3v) is 5.67. The summed E-state index contributed by atoms with van der Waals surface area (Å²) in [4.78, 5) is 18.0. The molecule has 1 aliphatic heterocycles. The van der Waals surface area contributed by atoms with E-state index in [-0.39, 0.29) is 36.0 Å². The molecule has 0 unspecified atom stereocenters. The Bertz CT molecular complexity index is 959. The normalized spacial score (nSPS) is 18.6. The molecule has 1 aromatic carbocycles. The highest BCUT2D eigenvalue weighted by Gasteiger charge is 2.35. The maximum absolute atomic E-state index is 13.3. The van der Waals surface area contributed by atoms with Crippen molar-refractivity contribution in [1.82, 2.24) is 20.1 Å². The van der Waals surface area contributed by atoms with Crippen molar-refractivity contribution in [3.05, 3.63) is 64.7 Å². The van der Waals surface area contributed by atoms with Gasteiger partial charge < -0.3 is 10.6 Å². The summed E-state index contributed by atoms with van der Waals surface area (Å²) in [5.74, 6) is -0.351. The Kier molecular flexibility index (Phi) is 6.43. The highest BCUT2D eigenvalue weighted by molar-refractivity contribution is 7.15. The van der Waals surface area contributed by atoms with Crippen LogP contribution in [-0.2, 0) is 18.3 Å². The van der Waals surface area contributed by atoms with E-state index in [0.717, 1.165) is 22.5 Å². The largest absolute Gasteiger partial charge is 0.315 e. The summed E-state index contributed by atoms with van der Waals surface area (Å²) in [6.07, 6.45) is 6.10. The third-order valence-electron chi connectivity index (χ3n) is 4.76. The number of carbonyl (C=O) groups excluding carboxylic acids is 1. The zero-order chi connectivity index (χ0) is 18.8. The van der Waals surface area contributed by atoms with Crippen LogP contribution >= 0.6 is 23.7 Å². The first-order valence-electron chi connectivity index (χ1n) is 8.78. The second kappa shape index (κ2) is 8.81. The Labute approximate surface area is 172 Å². The van der Waals surface area contributed by atoms with Crippen LogP contribution in [0.1, 0.15) is 21.9 Å². The number of carbonyl (C=O) groups is 1. The Balaban J connectivity index is 0.00000225. The highest BCUT2D eigenvalue weighted by atomic mass is 35.5. The summed E-state index contributed by atoms with van der Waals surface area (Å²) in [5, 5.41) is 11.0. The molecule has 4 rings (SSSR count). The van der Waals surface area contributed by atoms with Crippen molar-refractivity contribution in [3.8, 4) is 0 Å². The zero-order valence-corrected chi connectivity index (χ0v) is 16.9. The van der Waals surface area contributed by atoms with Gasteiger partial charge in [0.25, 0.3) is 0 Å². The van der Waals surface area contributed by atoms with Crippen LogP contribution in [0.3, 0.4) is 0 Å². The van der Waals surface area contributed by atoms with E-state index in [0.29, 0.717) is 18.1 Å². The molecule has 1 amide bonds. The summed E-state index contributed by atoms with van der Waals surface area (Å²) in [6, 6.07) is 6.51. The molecule has 3 aromatic rings. The van der Waals surface area contributed by atoms with Crippen molar-refractivity contribution >= 4 is 34.8 Å². The molecule has 0 spiro atoms. The van der Waals surface area contributed by atoms with Gasteiger partial charge in [0.15, 0.2) is 5.13 Å². The molecule has 2 N–H and O–H groups in total. The van der Waals surface area contributed by atoms with Crippen LogP contribution in [0.2, 0.25) is 0 Å². The van der Waals surface area contributed by atoms with Crippen LogP contribution in [0.25, 0.3) is 0 Å². The predicted molar refractivity (Wildman–Crippen MR) is 110 cm³/mol. The van der Waals surface area contributed by atoms with Gasteiger partial charge in [-0.05, 0) is 23.3 Å². The van der Waals surface area contributed by atoms with Gasteiger partial charge >= 0.3 is 0 Å². The van der Waals surface area contributed by atoms with E-state index < -0.39 is 0 Å². The number of nitrogens with one attached hydrogen (secondary N) is 2. The minimum absolute atomic E-state index is 0. The molecule has 3 heterocycles. The van der Waals surface area contributed by atoms with Gasteiger partial charge in [0.1, 0.15) is 5.82 Å². The quantitative estimate of drug-likeness (QED) is 0.664. The van der Waals surface area contributed by atoms with Gasteiger partial charge in [-0.3, -0.25) is 9.48 Å². The monoisotopic (exact) mass is 421 g/mol. The number of rotatable bonds is 5. The van der Waals surface area contributed by atoms with Crippen molar-refractivity contribution in [2.75, 3.05) is 18.4 Å². The molecule has 9 heteroatoms. The fourth-order valence-corrected chi connectivity index (χ4v) is 4.28. The number of hydrogen-bond donors (Lipinski definition) is 2. The standard InChI is InChI=1S/C19H20FN5OS.ClH/c1-25-11-13(7-23-25)16-9-21-10-17(16)18(26)24-19-22-8-15(27-19)6-12-3-2-4-14(20)5-12;/h2-5,7-8,11,16-17,21H,6,9-10H2,1H3,(H,22,24,26);1H/t16-,17+;/m1./s1. The Morgan fingerprint density at radius 2 is 2.25 bits per heavy atom. The smallest absolute Gasteiger partial charge is 0.231 e. The number of halogens is 2. The average molecular weight is 422 g/mol. The van der Waals surface area contributed by atoms with Crippen molar-refractivity contribution < 1.29 is 9.18 Å². The van der Waals surface area contributed by atoms with E-state index >= 15 is 0 Å². The molecule has 1 aliphatic rings. The Hall–Kier alpha value is -2.29. The number of aryl methyl sites for hydroxylation is 1. The Morgan fingerprint density at radius 3 is 3.00 bits per heavy atom. The molecule has 148 valence electrons. The first kappa shape index (κ1) is 20.4. The number of thiazole rings is 1. The van der Waals surface area contributed by atoms with Crippen molar-refractivity contribution in [3.63, 3.8) is 0 Å². The number of hydrogen-bond acceptors (Lipinski definition) is 5. The molecule has 0 bridgehead atoms. The molecular weight excluding hydrogens is 401 g/mol. The number of amides is 1. The number of aromatic nitrogens is 3. The third kappa shape index (κ3) is 4.57. The lowest BCUT2D eigenvalue weighted by molar-refractivity contribution is -0.119. The number of anilines is 1. The SMILES string of the molecule is Cl.Cn1cc([C@H]2CNC[C@@H]2C(=O)Nc2ncc(Cc3cccc(F)c3)s2)cn1. The summed E-state index contributed by atoms with van der Waals surface area (Å²) in [5.41, 5.74) is 1.95. The lowest BCUT2D eigenvalue weighted by Crippen LogP contribution is -2.27. The van der Waals surface area contributed by atoms with E-state index in [2.05, 4.69) is 20.7 Å². The first-order valence-corrected chi connectivity index (χ1v) is 9.59. The molecular formula is C19H21ClFN5OS. The molecule has 0 radical (unpaired) electrons. The van der Waals surface area contributed by atoms with E-state index in [1.54, 1.807) is 16.9 Å². The first-order chi connectivity index (χ1) is 13.1. The molecule has 0 aliphatic carbocycles. The van der Waals surface area contributed by atoms with E-state index in [1.807, 2.05) is 25.5 Å². The van der Waals surface area contributed by atoms with Gasteiger partial charge in [-0.25, -0.2) is 9.37 Å². The van der Waals surface area contributed by atoms with Gasteiger partial charge in [-0.1, -0.05) is 12.1 Å². The second-order valence-electron chi connectivity index (χ2n) is 6.75. The minimum Gasteiger partial charge on any atom is -0.315 e. The fraction of sp³-hybridized carbons (Fsp3) is 0.316. The molecule has 1 fully saturated rings. The number of benzene rings is 1. The van der Waals surface area contributed by atoms with Crippen molar-refractivity contribution in [2.24, 2.45) is 13.0 Å². The fourth-order valence-electron chi connectivity index (χ4n) is 3.43. The lowest BCUT2D eigenvalue weighted by Gasteiger charge is -2.15. The zero-order valence-electron chi connectivity index (χ0n) is 15.3. The van der Waals surface area contributed by atoms with Crippen LogP contribution in [-0.4, -0.2) is 33.8 Å². The van der Waals surface area contributed by atoms with E-state index in [9.17, 15) is 9.18 Å². The maximum atomic E-state index is 13.3. The van der Waals surface area contributed by atoms with E-state index in [1.165, 1.54) is 23.5 Å². The topological polar surface area (TPSA) is 71.8 Å². The summed E-state index contributed by atoms with van der Waals surface area (Å²) < 4.78 is 15.1. The Morgan fingerprint density at radius 1 is 1.39 bits per heavy atom. The molecule has 28 heavy (non-hydrogen) atoms. The van der Waals surface area contributed by atoms with Gasteiger partial charge in [0.05, 0.1) is 12.1 Å². The van der Waals surface area contributed by atoms with Crippen LogP contribution in [0.15, 0.2) is 42.9 Å². The predicted octanol–water partition coefficient (Wildman–Crippen LogP) is 2.97. The summed E-state index contributed by atoms with van der Waals surface area (Å²) in [7, 11) is 1.87. The molecule has 6 nitrogen and oxygen atoms in total. The second-order valence-corrected chi connectivity index (χ2v) is 7.86. The van der Waals surface area contributed by atoms with Crippen LogP contribution in [0.5, 0.6) is 0 Å². The molecule has 1 saturated heterocycles. The molecule has 2 atom stereocenters. The maximum Gasteiger partial charge on any atom is 0.231 e. The molecule has 0 saturated carbocycles.